The molecule has 1 atom stereocenters. The molecule has 0 saturated carbocycles. The van der Waals surface area contributed by atoms with Gasteiger partial charge in [0.15, 0.2) is 0 Å². The highest BCUT2D eigenvalue weighted by atomic mass is 15.2. The topological polar surface area (TPSA) is 3.24 Å². The zero-order valence-electron chi connectivity index (χ0n) is 12.8. The van der Waals surface area contributed by atoms with E-state index < -0.39 is 0 Å². The molecular formula is C15H33N. The highest BCUT2D eigenvalue weighted by Gasteiger charge is 2.18. The van der Waals surface area contributed by atoms with Gasteiger partial charge >= 0.3 is 0 Å². The number of hydrogen-bond acceptors (Lipinski definition) is 1. The smallest absolute Gasteiger partial charge is 0.00412 e. The summed E-state index contributed by atoms with van der Waals surface area (Å²) >= 11 is 0. The average molecular weight is 227 g/mol. The van der Waals surface area contributed by atoms with Crippen LogP contribution in [0.5, 0.6) is 0 Å². The van der Waals surface area contributed by atoms with Crippen LogP contribution in [0.4, 0.5) is 0 Å². The van der Waals surface area contributed by atoms with Gasteiger partial charge in [-0.05, 0) is 58.4 Å². The van der Waals surface area contributed by atoms with Crippen LogP contribution in [0.1, 0.15) is 68.2 Å². The van der Waals surface area contributed by atoms with Gasteiger partial charge in [-0.2, -0.15) is 0 Å². The van der Waals surface area contributed by atoms with E-state index in [2.05, 4.69) is 60.3 Å². The summed E-state index contributed by atoms with van der Waals surface area (Å²) in [7, 11) is 0. The summed E-state index contributed by atoms with van der Waals surface area (Å²) in [5.74, 6) is 0.833. The van der Waals surface area contributed by atoms with Crippen LogP contribution in [0.3, 0.4) is 0 Å². The van der Waals surface area contributed by atoms with Crippen LogP contribution < -0.4 is 0 Å². The fourth-order valence-corrected chi connectivity index (χ4v) is 2.63. The lowest BCUT2D eigenvalue weighted by atomic mass is 9.84. The molecule has 0 bridgehead atoms. The first-order valence-corrected chi connectivity index (χ1v) is 6.89. The molecule has 0 heterocycles. The van der Waals surface area contributed by atoms with Crippen molar-refractivity contribution in [2.45, 2.75) is 80.3 Å². The van der Waals surface area contributed by atoms with Crippen molar-refractivity contribution in [3.05, 3.63) is 0 Å². The maximum absolute atomic E-state index is 2.60. The molecule has 0 radical (unpaired) electrons. The van der Waals surface area contributed by atoms with E-state index in [9.17, 15) is 0 Å². The molecule has 98 valence electrons. The molecule has 0 saturated heterocycles. The molecule has 0 aliphatic heterocycles. The number of rotatable bonds is 6. The Morgan fingerprint density at radius 3 is 1.62 bits per heavy atom. The number of hydrogen-bond donors (Lipinski definition) is 0. The van der Waals surface area contributed by atoms with Crippen molar-refractivity contribution in [2.24, 2.45) is 11.3 Å². The predicted octanol–water partition coefficient (Wildman–Crippen LogP) is 4.57. The molecule has 0 spiro atoms. The Morgan fingerprint density at radius 1 is 0.875 bits per heavy atom. The molecule has 0 aromatic heterocycles. The van der Waals surface area contributed by atoms with Crippen LogP contribution in [-0.2, 0) is 0 Å². The van der Waals surface area contributed by atoms with Gasteiger partial charge < -0.3 is 0 Å². The van der Waals surface area contributed by atoms with Crippen LogP contribution in [-0.4, -0.2) is 23.5 Å². The monoisotopic (exact) mass is 227 g/mol. The Morgan fingerprint density at radius 2 is 1.31 bits per heavy atom. The second-order valence-corrected chi connectivity index (χ2v) is 7.08. The molecule has 0 aliphatic rings. The third-order valence-corrected chi connectivity index (χ3v) is 3.17. The molecule has 0 rings (SSSR count). The summed E-state index contributed by atoms with van der Waals surface area (Å²) in [6.07, 6.45) is 2.66. The van der Waals surface area contributed by atoms with Crippen molar-refractivity contribution < 1.29 is 0 Å². The second kappa shape index (κ2) is 6.64. The van der Waals surface area contributed by atoms with Crippen molar-refractivity contribution in [3.63, 3.8) is 0 Å². The van der Waals surface area contributed by atoms with E-state index in [1.54, 1.807) is 0 Å². The summed E-state index contributed by atoms with van der Waals surface area (Å²) in [5.41, 5.74) is 0.472. The van der Waals surface area contributed by atoms with E-state index in [4.69, 9.17) is 0 Å². The van der Waals surface area contributed by atoms with Crippen LogP contribution in [0.2, 0.25) is 0 Å². The van der Waals surface area contributed by atoms with Crippen LogP contribution in [0.15, 0.2) is 0 Å². The minimum Gasteiger partial charge on any atom is -0.299 e. The minimum absolute atomic E-state index is 0.472. The lowest BCUT2D eigenvalue weighted by molar-refractivity contribution is 0.156. The fourth-order valence-electron chi connectivity index (χ4n) is 2.63. The Hall–Kier alpha value is -0.0400. The van der Waals surface area contributed by atoms with Crippen molar-refractivity contribution in [1.82, 2.24) is 4.90 Å². The van der Waals surface area contributed by atoms with Gasteiger partial charge in [-0.25, -0.2) is 0 Å². The molecule has 1 heteroatoms. The molecule has 0 amide bonds. The summed E-state index contributed by atoms with van der Waals surface area (Å²) in [4.78, 5) is 2.60. The zero-order chi connectivity index (χ0) is 12.9. The Labute approximate surface area is 104 Å². The van der Waals surface area contributed by atoms with Gasteiger partial charge in [0, 0.05) is 12.1 Å². The molecule has 0 aromatic rings. The van der Waals surface area contributed by atoms with Gasteiger partial charge in [0.25, 0.3) is 0 Å². The van der Waals surface area contributed by atoms with Crippen LogP contribution in [0, 0.1) is 11.3 Å². The normalized spacial score (nSPS) is 15.2. The van der Waals surface area contributed by atoms with Crippen LogP contribution >= 0.6 is 0 Å². The maximum atomic E-state index is 2.60. The van der Waals surface area contributed by atoms with Gasteiger partial charge in [-0.3, -0.25) is 4.90 Å². The first kappa shape index (κ1) is 16.0. The van der Waals surface area contributed by atoms with Crippen LogP contribution in [0.25, 0.3) is 0 Å². The van der Waals surface area contributed by atoms with Gasteiger partial charge in [0.05, 0.1) is 0 Å². The minimum atomic E-state index is 0.472. The lowest BCUT2D eigenvalue weighted by Gasteiger charge is -2.32. The maximum Gasteiger partial charge on any atom is 0.00412 e. The Bertz CT molecular complexity index is 168. The van der Waals surface area contributed by atoms with Crippen molar-refractivity contribution in [3.8, 4) is 0 Å². The van der Waals surface area contributed by atoms with Gasteiger partial charge in [0.1, 0.15) is 0 Å². The molecule has 1 unspecified atom stereocenters. The van der Waals surface area contributed by atoms with Gasteiger partial charge in [-0.1, -0.05) is 27.7 Å². The lowest BCUT2D eigenvalue weighted by Crippen LogP contribution is -2.38. The first-order valence-electron chi connectivity index (χ1n) is 6.89. The highest BCUT2D eigenvalue weighted by Crippen LogP contribution is 2.26. The summed E-state index contributed by atoms with van der Waals surface area (Å²) < 4.78 is 0. The molecule has 0 N–H and O–H groups in total. The van der Waals surface area contributed by atoms with Crippen molar-refractivity contribution in [1.29, 1.82) is 0 Å². The third-order valence-electron chi connectivity index (χ3n) is 3.17. The van der Waals surface area contributed by atoms with Crippen molar-refractivity contribution >= 4 is 0 Å². The standard InChI is InChI=1S/C15H33N/c1-12(2)16(13(3)4)10-9-14(5)11-15(6,7)8/h12-14H,9-11H2,1-8H3. The molecule has 0 fully saturated rings. The molecular weight excluding hydrogens is 194 g/mol. The number of nitrogens with zero attached hydrogens (tertiary/aromatic N) is 1. The third kappa shape index (κ3) is 7.27. The summed E-state index contributed by atoms with van der Waals surface area (Å²) in [5, 5.41) is 0. The molecule has 1 nitrogen and oxygen atoms in total. The predicted molar refractivity (Wildman–Crippen MR) is 74.8 cm³/mol. The zero-order valence-corrected chi connectivity index (χ0v) is 12.8. The van der Waals surface area contributed by atoms with E-state index in [1.165, 1.54) is 19.4 Å². The van der Waals surface area contributed by atoms with Gasteiger partial charge in [-0.15, -0.1) is 0 Å². The highest BCUT2D eigenvalue weighted by molar-refractivity contribution is 4.71. The SMILES string of the molecule is CC(CCN(C(C)C)C(C)C)CC(C)(C)C. The second-order valence-electron chi connectivity index (χ2n) is 7.08. The largest absolute Gasteiger partial charge is 0.299 e. The first-order chi connectivity index (χ1) is 7.13. The Kier molecular flexibility index (Phi) is 6.62. The average Bonchev–Trinajstić information content (AvgIpc) is 1.98. The Balaban J connectivity index is 4.02. The van der Waals surface area contributed by atoms with Crippen molar-refractivity contribution in [2.75, 3.05) is 6.54 Å². The fraction of sp³-hybridized carbons (Fsp3) is 1.00. The quantitative estimate of drug-likeness (QED) is 0.642. The summed E-state index contributed by atoms with van der Waals surface area (Å²) in [6, 6.07) is 1.34. The van der Waals surface area contributed by atoms with E-state index in [1.807, 2.05) is 0 Å². The van der Waals surface area contributed by atoms with E-state index >= 15 is 0 Å². The van der Waals surface area contributed by atoms with Gasteiger partial charge in [0.2, 0.25) is 0 Å². The molecule has 16 heavy (non-hydrogen) atoms. The summed E-state index contributed by atoms with van der Waals surface area (Å²) in [6.45, 7) is 19.9. The molecule has 0 aromatic carbocycles. The van der Waals surface area contributed by atoms with E-state index in [-0.39, 0.29) is 0 Å². The van der Waals surface area contributed by atoms with E-state index in [0.29, 0.717) is 17.5 Å². The molecule has 0 aliphatic carbocycles. The van der Waals surface area contributed by atoms with E-state index in [0.717, 1.165) is 5.92 Å².